The van der Waals surface area contributed by atoms with Crippen molar-refractivity contribution in [2.45, 2.75) is 31.4 Å². The van der Waals surface area contributed by atoms with Crippen LogP contribution in [0.2, 0.25) is 5.02 Å². The first kappa shape index (κ1) is 14.8. The molecular weight excluding hydrogens is 288 g/mol. The van der Waals surface area contributed by atoms with Gasteiger partial charge >= 0.3 is 0 Å². The highest BCUT2D eigenvalue weighted by Crippen LogP contribution is 2.29. The van der Waals surface area contributed by atoms with Crippen molar-refractivity contribution >= 4 is 17.5 Å². The molecule has 2 N–H and O–H groups in total. The van der Waals surface area contributed by atoms with Crippen molar-refractivity contribution in [2.75, 3.05) is 19.7 Å². The van der Waals surface area contributed by atoms with Gasteiger partial charge in [0.2, 0.25) is 5.91 Å². The highest BCUT2D eigenvalue weighted by Gasteiger charge is 2.33. The second kappa shape index (κ2) is 6.34. The molecule has 0 spiro atoms. The van der Waals surface area contributed by atoms with Gasteiger partial charge in [0, 0.05) is 23.5 Å². The maximum atomic E-state index is 12.6. The molecule has 1 heterocycles. The molecule has 3 rings (SSSR count). The highest BCUT2D eigenvalue weighted by molar-refractivity contribution is 6.30. The Kier molecular flexibility index (Phi) is 4.48. The van der Waals surface area contributed by atoms with E-state index in [1.165, 1.54) is 0 Å². The van der Waals surface area contributed by atoms with Crippen LogP contribution in [0.15, 0.2) is 24.3 Å². The Morgan fingerprint density at radius 1 is 1.29 bits per heavy atom. The van der Waals surface area contributed by atoms with E-state index in [9.17, 15) is 4.79 Å². The van der Waals surface area contributed by atoms with Gasteiger partial charge in [0.15, 0.2) is 0 Å². The molecule has 1 saturated carbocycles. The molecule has 0 radical (unpaired) electrons. The van der Waals surface area contributed by atoms with Crippen LogP contribution in [0.25, 0.3) is 0 Å². The van der Waals surface area contributed by atoms with E-state index in [4.69, 9.17) is 22.1 Å². The number of nitrogens with two attached hydrogens (primary N) is 1. The summed E-state index contributed by atoms with van der Waals surface area (Å²) in [6.07, 6.45) is 2.64. The summed E-state index contributed by atoms with van der Waals surface area (Å²) in [5.41, 5.74) is 6.99. The van der Waals surface area contributed by atoms with E-state index in [1.54, 1.807) is 0 Å². The molecule has 4 nitrogen and oxygen atoms in total. The molecule has 0 unspecified atom stereocenters. The summed E-state index contributed by atoms with van der Waals surface area (Å²) in [6.45, 7) is 1.87. The molecule has 114 valence electrons. The lowest BCUT2D eigenvalue weighted by Gasteiger charge is -2.34. The fraction of sp³-hybridized carbons (Fsp3) is 0.562. The van der Waals surface area contributed by atoms with Crippen LogP contribution in [-0.4, -0.2) is 36.5 Å². The van der Waals surface area contributed by atoms with Gasteiger partial charge in [0.1, 0.15) is 6.10 Å². The van der Waals surface area contributed by atoms with Gasteiger partial charge < -0.3 is 15.4 Å². The van der Waals surface area contributed by atoms with E-state index >= 15 is 0 Å². The number of benzene rings is 1. The molecule has 1 aromatic carbocycles. The summed E-state index contributed by atoms with van der Waals surface area (Å²) >= 11 is 5.91. The van der Waals surface area contributed by atoms with Crippen LogP contribution < -0.4 is 5.73 Å². The Bertz CT molecular complexity index is 506. The Labute approximate surface area is 130 Å². The molecule has 1 saturated heterocycles. The zero-order valence-corrected chi connectivity index (χ0v) is 12.8. The molecule has 0 bridgehead atoms. The van der Waals surface area contributed by atoms with Crippen LogP contribution in [0.4, 0.5) is 0 Å². The van der Waals surface area contributed by atoms with Crippen molar-refractivity contribution in [3.63, 3.8) is 0 Å². The van der Waals surface area contributed by atoms with Crippen molar-refractivity contribution in [1.82, 2.24) is 4.90 Å². The minimum atomic E-state index is -0.0601. The summed E-state index contributed by atoms with van der Waals surface area (Å²) in [4.78, 5) is 14.5. The third kappa shape index (κ3) is 3.39. The van der Waals surface area contributed by atoms with E-state index in [0.29, 0.717) is 24.7 Å². The van der Waals surface area contributed by atoms with E-state index in [-0.39, 0.29) is 24.0 Å². The predicted molar refractivity (Wildman–Crippen MR) is 82.0 cm³/mol. The molecule has 0 aromatic heterocycles. The maximum Gasteiger partial charge on any atom is 0.225 e. The van der Waals surface area contributed by atoms with Crippen molar-refractivity contribution in [3.05, 3.63) is 34.9 Å². The number of amides is 1. The van der Waals surface area contributed by atoms with Crippen LogP contribution in [0.5, 0.6) is 0 Å². The first-order valence-corrected chi connectivity index (χ1v) is 7.92. The molecule has 21 heavy (non-hydrogen) atoms. The predicted octanol–water partition coefficient (Wildman–Crippen LogP) is 2.37. The number of rotatable bonds is 2. The van der Waals surface area contributed by atoms with E-state index in [0.717, 1.165) is 24.8 Å². The van der Waals surface area contributed by atoms with Gasteiger partial charge in [-0.15, -0.1) is 0 Å². The standard InChI is InChI=1S/C16H21ClN2O2/c17-13-4-1-11(2-5-13)15-10-19(7-8-21-15)16(20)12-3-6-14(18)9-12/h1-2,4-5,12,14-15H,3,6-10,18H2/t12-,14-,15+/m1/s1. The third-order valence-electron chi connectivity index (χ3n) is 4.44. The molecule has 1 aromatic rings. The molecule has 3 atom stereocenters. The van der Waals surface area contributed by atoms with Gasteiger partial charge in [0.25, 0.3) is 0 Å². The van der Waals surface area contributed by atoms with Crippen LogP contribution in [0.3, 0.4) is 0 Å². The zero-order chi connectivity index (χ0) is 14.8. The minimum absolute atomic E-state index is 0.0601. The fourth-order valence-electron chi connectivity index (χ4n) is 3.23. The van der Waals surface area contributed by atoms with Crippen LogP contribution >= 0.6 is 11.6 Å². The Morgan fingerprint density at radius 3 is 2.71 bits per heavy atom. The van der Waals surface area contributed by atoms with Gasteiger partial charge in [0.05, 0.1) is 13.2 Å². The largest absolute Gasteiger partial charge is 0.370 e. The van der Waals surface area contributed by atoms with Crippen LogP contribution in [0.1, 0.15) is 30.9 Å². The van der Waals surface area contributed by atoms with Crippen molar-refractivity contribution < 1.29 is 9.53 Å². The molecule has 2 aliphatic rings. The summed E-state index contributed by atoms with van der Waals surface area (Å²) in [7, 11) is 0. The molecule has 5 heteroatoms. The number of hydrogen-bond donors (Lipinski definition) is 1. The number of morpholine rings is 1. The molecule has 1 aliphatic carbocycles. The number of nitrogens with zero attached hydrogens (tertiary/aromatic N) is 1. The van der Waals surface area contributed by atoms with Crippen molar-refractivity contribution in [1.29, 1.82) is 0 Å². The van der Waals surface area contributed by atoms with Gasteiger partial charge in [-0.05, 0) is 37.0 Å². The first-order valence-electron chi connectivity index (χ1n) is 7.55. The number of hydrogen-bond acceptors (Lipinski definition) is 3. The molecule has 2 fully saturated rings. The lowest BCUT2D eigenvalue weighted by molar-refractivity contribution is -0.143. The number of carbonyl (C=O) groups excluding carboxylic acids is 1. The third-order valence-corrected chi connectivity index (χ3v) is 4.69. The SMILES string of the molecule is N[C@@H]1CC[C@@H](C(=O)N2CCO[C@H](c3ccc(Cl)cc3)C2)C1. The summed E-state index contributed by atoms with van der Waals surface area (Å²) in [5, 5.41) is 0.711. The van der Waals surface area contributed by atoms with Gasteiger partial charge in [-0.25, -0.2) is 0 Å². The number of halogens is 1. The highest BCUT2D eigenvalue weighted by atomic mass is 35.5. The lowest BCUT2D eigenvalue weighted by atomic mass is 10.0. The molecular formula is C16H21ClN2O2. The summed E-state index contributed by atoms with van der Waals surface area (Å²) in [6, 6.07) is 7.83. The lowest BCUT2D eigenvalue weighted by Crippen LogP contribution is -2.44. The van der Waals surface area contributed by atoms with E-state index in [1.807, 2.05) is 29.2 Å². The van der Waals surface area contributed by atoms with E-state index < -0.39 is 0 Å². The van der Waals surface area contributed by atoms with Crippen LogP contribution in [0, 0.1) is 5.92 Å². The van der Waals surface area contributed by atoms with Gasteiger partial charge in [-0.3, -0.25) is 4.79 Å². The van der Waals surface area contributed by atoms with Gasteiger partial charge in [-0.1, -0.05) is 23.7 Å². The number of ether oxygens (including phenoxy) is 1. The Balaban J connectivity index is 1.65. The summed E-state index contributed by atoms with van der Waals surface area (Å²) in [5.74, 6) is 0.342. The van der Waals surface area contributed by atoms with Crippen molar-refractivity contribution in [3.8, 4) is 0 Å². The molecule has 1 aliphatic heterocycles. The summed E-state index contributed by atoms with van der Waals surface area (Å²) < 4.78 is 5.81. The average molecular weight is 309 g/mol. The topological polar surface area (TPSA) is 55.6 Å². The Morgan fingerprint density at radius 2 is 2.05 bits per heavy atom. The van der Waals surface area contributed by atoms with E-state index in [2.05, 4.69) is 0 Å². The second-order valence-corrected chi connectivity index (χ2v) is 6.40. The second-order valence-electron chi connectivity index (χ2n) is 5.97. The zero-order valence-electron chi connectivity index (χ0n) is 12.0. The normalized spacial score (nSPS) is 29.6. The van der Waals surface area contributed by atoms with Crippen LogP contribution in [-0.2, 0) is 9.53 Å². The number of carbonyl (C=O) groups is 1. The molecule has 1 amide bonds. The maximum absolute atomic E-state index is 12.6. The minimum Gasteiger partial charge on any atom is -0.370 e. The smallest absolute Gasteiger partial charge is 0.225 e. The average Bonchev–Trinajstić information content (AvgIpc) is 2.94. The monoisotopic (exact) mass is 308 g/mol. The fourth-order valence-corrected chi connectivity index (χ4v) is 3.35. The van der Waals surface area contributed by atoms with Gasteiger partial charge in [-0.2, -0.15) is 0 Å². The first-order chi connectivity index (χ1) is 10.1. The quantitative estimate of drug-likeness (QED) is 0.912. The Hall–Kier alpha value is -1.10. The van der Waals surface area contributed by atoms with Crippen molar-refractivity contribution in [2.24, 2.45) is 11.7 Å².